The van der Waals surface area contributed by atoms with Crippen LogP contribution in [0.3, 0.4) is 0 Å². The molecule has 0 saturated carbocycles. The van der Waals surface area contributed by atoms with Gasteiger partial charge in [-0.25, -0.2) is 0 Å². The van der Waals surface area contributed by atoms with Gasteiger partial charge >= 0.3 is 0 Å². The molecule has 1 aromatic heterocycles. The van der Waals surface area contributed by atoms with Crippen LogP contribution in [0.4, 0.5) is 0 Å². The maximum Gasteiger partial charge on any atom is 0.0625 e. The van der Waals surface area contributed by atoms with Crippen molar-refractivity contribution < 1.29 is 0 Å². The van der Waals surface area contributed by atoms with E-state index in [1.54, 1.807) is 0 Å². The lowest BCUT2D eigenvalue weighted by atomic mass is 9.82. The van der Waals surface area contributed by atoms with Crippen molar-refractivity contribution in [1.82, 2.24) is 15.1 Å². The monoisotopic (exact) mass is 251 g/mol. The third-order valence-electron chi connectivity index (χ3n) is 3.11. The van der Waals surface area contributed by atoms with E-state index in [-0.39, 0.29) is 5.54 Å². The minimum Gasteiger partial charge on any atom is -0.306 e. The van der Waals surface area contributed by atoms with E-state index in [0.29, 0.717) is 5.41 Å². The fraction of sp³-hybridized carbons (Fsp3) is 0.800. The summed E-state index contributed by atoms with van der Waals surface area (Å²) >= 11 is 0. The van der Waals surface area contributed by atoms with Gasteiger partial charge in [0.2, 0.25) is 0 Å². The summed E-state index contributed by atoms with van der Waals surface area (Å²) in [6.07, 6.45) is 2.15. The normalized spacial score (nSPS) is 13.1. The zero-order valence-corrected chi connectivity index (χ0v) is 13.1. The van der Waals surface area contributed by atoms with E-state index in [1.807, 2.05) is 11.7 Å². The standard InChI is InChI=1S/C15H29N3/c1-8-12-9-13(18(7)17-12)10-16-15(5,6)11-14(2,3)4/h9,16H,8,10-11H2,1-7H3. The molecule has 0 bridgehead atoms. The first-order chi connectivity index (χ1) is 8.13. The number of aromatic nitrogens is 2. The number of nitrogens with one attached hydrogen (secondary N) is 1. The summed E-state index contributed by atoms with van der Waals surface area (Å²) in [7, 11) is 2.02. The second-order valence-corrected chi connectivity index (χ2v) is 7.08. The second kappa shape index (κ2) is 5.43. The molecule has 1 rings (SSSR count). The number of aryl methyl sites for hydroxylation is 2. The fourth-order valence-electron chi connectivity index (χ4n) is 2.63. The minimum atomic E-state index is 0.148. The van der Waals surface area contributed by atoms with E-state index in [1.165, 1.54) is 11.4 Å². The average molecular weight is 251 g/mol. The van der Waals surface area contributed by atoms with Crippen molar-refractivity contribution in [2.45, 2.75) is 66.5 Å². The van der Waals surface area contributed by atoms with Gasteiger partial charge in [-0.3, -0.25) is 4.68 Å². The molecule has 0 aromatic carbocycles. The molecule has 0 fully saturated rings. The van der Waals surface area contributed by atoms with Gasteiger partial charge in [-0.2, -0.15) is 5.10 Å². The molecule has 1 N–H and O–H groups in total. The molecule has 0 saturated heterocycles. The van der Waals surface area contributed by atoms with Crippen LogP contribution in [0.5, 0.6) is 0 Å². The molecule has 0 amide bonds. The van der Waals surface area contributed by atoms with Gasteiger partial charge in [-0.05, 0) is 38.2 Å². The molecule has 104 valence electrons. The van der Waals surface area contributed by atoms with Crippen LogP contribution in [0.1, 0.15) is 59.4 Å². The highest BCUT2D eigenvalue weighted by molar-refractivity contribution is 5.10. The van der Waals surface area contributed by atoms with Crippen molar-refractivity contribution in [2.24, 2.45) is 12.5 Å². The maximum atomic E-state index is 4.48. The summed E-state index contributed by atoms with van der Waals surface area (Å²) in [6, 6.07) is 2.19. The van der Waals surface area contributed by atoms with Crippen LogP contribution in [0.15, 0.2) is 6.07 Å². The molecule has 3 nitrogen and oxygen atoms in total. The van der Waals surface area contributed by atoms with E-state index < -0.39 is 0 Å². The Labute approximate surface area is 112 Å². The molecule has 18 heavy (non-hydrogen) atoms. The molecule has 0 radical (unpaired) electrons. The zero-order valence-electron chi connectivity index (χ0n) is 13.1. The molecule has 0 spiro atoms. The van der Waals surface area contributed by atoms with Crippen LogP contribution in [0.2, 0.25) is 0 Å². The summed E-state index contributed by atoms with van der Waals surface area (Å²) in [6.45, 7) is 14.4. The number of rotatable bonds is 5. The highest BCUT2D eigenvalue weighted by atomic mass is 15.3. The van der Waals surface area contributed by atoms with Gasteiger partial charge in [-0.15, -0.1) is 0 Å². The molecule has 0 aliphatic heterocycles. The number of hydrogen-bond acceptors (Lipinski definition) is 2. The smallest absolute Gasteiger partial charge is 0.0625 e. The van der Waals surface area contributed by atoms with Gasteiger partial charge in [0.25, 0.3) is 0 Å². The van der Waals surface area contributed by atoms with E-state index in [4.69, 9.17) is 0 Å². The first-order valence-corrected chi connectivity index (χ1v) is 6.90. The van der Waals surface area contributed by atoms with Crippen LogP contribution in [-0.4, -0.2) is 15.3 Å². The van der Waals surface area contributed by atoms with Crippen molar-refractivity contribution in [1.29, 1.82) is 0 Å². The first kappa shape index (κ1) is 15.2. The van der Waals surface area contributed by atoms with Gasteiger partial charge in [-0.1, -0.05) is 27.7 Å². The Morgan fingerprint density at radius 3 is 2.28 bits per heavy atom. The Bertz CT molecular complexity index is 383. The number of hydrogen-bond donors (Lipinski definition) is 1. The fourth-order valence-corrected chi connectivity index (χ4v) is 2.63. The molecular formula is C15H29N3. The van der Waals surface area contributed by atoms with Gasteiger partial charge < -0.3 is 5.32 Å². The molecule has 3 heteroatoms. The largest absolute Gasteiger partial charge is 0.306 e. The third kappa shape index (κ3) is 4.81. The van der Waals surface area contributed by atoms with Gasteiger partial charge in [0, 0.05) is 19.1 Å². The molecule has 0 atom stereocenters. The lowest BCUT2D eigenvalue weighted by Gasteiger charge is -2.33. The van der Waals surface area contributed by atoms with Crippen molar-refractivity contribution >= 4 is 0 Å². The van der Waals surface area contributed by atoms with Gasteiger partial charge in [0.1, 0.15) is 0 Å². The van der Waals surface area contributed by atoms with Crippen LogP contribution >= 0.6 is 0 Å². The Hall–Kier alpha value is -0.830. The summed E-state index contributed by atoms with van der Waals surface area (Å²) in [5.74, 6) is 0. The third-order valence-corrected chi connectivity index (χ3v) is 3.11. The van der Waals surface area contributed by atoms with Crippen molar-refractivity contribution in [2.75, 3.05) is 0 Å². The predicted molar refractivity (Wildman–Crippen MR) is 77.6 cm³/mol. The molecule has 1 heterocycles. The second-order valence-electron chi connectivity index (χ2n) is 7.08. The van der Waals surface area contributed by atoms with E-state index in [9.17, 15) is 0 Å². The molecule has 0 unspecified atom stereocenters. The van der Waals surface area contributed by atoms with Crippen LogP contribution in [0.25, 0.3) is 0 Å². The van der Waals surface area contributed by atoms with E-state index >= 15 is 0 Å². The van der Waals surface area contributed by atoms with Crippen LogP contribution in [0, 0.1) is 5.41 Å². The SMILES string of the molecule is CCc1cc(CNC(C)(C)CC(C)(C)C)n(C)n1. The maximum absolute atomic E-state index is 4.48. The minimum absolute atomic E-state index is 0.148. The highest BCUT2D eigenvalue weighted by Crippen LogP contribution is 2.27. The summed E-state index contributed by atoms with van der Waals surface area (Å²) in [5, 5.41) is 8.13. The zero-order chi connectivity index (χ0) is 14.0. The quantitative estimate of drug-likeness (QED) is 0.870. The molecule has 0 aliphatic rings. The van der Waals surface area contributed by atoms with Gasteiger partial charge in [0.05, 0.1) is 11.4 Å². The van der Waals surface area contributed by atoms with Crippen LogP contribution < -0.4 is 5.32 Å². The molecule has 1 aromatic rings. The van der Waals surface area contributed by atoms with Gasteiger partial charge in [0.15, 0.2) is 0 Å². The Morgan fingerprint density at radius 2 is 1.83 bits per heavy atom. The average Bonchev–Trinajstić information content (AvgIpc) is 2.53. The van der Waals surface area contributed by atoms with E-state index in [2.05, 4.69) is 58.0 Å². The van der Waals surface area contributed by atoms with Crippen molar-refractivity contribution in [3.8, 4) is 0 Å². The number of nitrogens with zero attached hydrogens (tertiary/aromatic N) is 2. The van der Waals surface area contributed by atoms with E-state index in [0.717, 1.165) is 19.4 Å². The predicted octanol–water partition coefficient (Wildman–Crippen LogP) is 3.29. The highest BCUT2D eigenvalue weighted by Gasteiger charge is 2.25. The Balaban J connectivity index is 2.61. The molecule has 0 aliphatic carbocycles. The van der Waals surface area contributed by atoms with Crippen molar-refractivity contribution in [3.63, 3.8) is 0 Å². The first-order valence-electron chi connectivity index (χ1n) is 6.90. The topological polar surface area (TPSA) is 29.9 Å². The lowest BCUT2D eigenvalue weighted by molar-refractivity contribution is 0.239. The molecular weight excluding hydrogens is 222 g/mol. The summed E-state index contributed by atoms with van der Waals surface area (Å²) < 4.78 is 1.99. The van der Waals surface area contributed by atoms with Crippen molar-refractivity contribution in [3.05, 3.63) is 17.5 Å². The van der Waals surface area contributed by atoms with Crippen LogP contribution in [-0.2, 0) is 20.0 Å². The summed E-state index contributed by atoms with van der Waals surface area (Å²) in [4.78, 5) is 0. The Kier molecular flexibility index (Phi) is 4.60. The summed E-state index contributed by atoms with van der Waals surface area (Å²) in [5.41, 5.74) is 2.92. The lowest BCUT2D eigenvalue weighted by Crippen LogP contribution is -2.42. The Morgan fingerprint density at radius 1 is 1.22 bits per heavy atom.